The molecule has 1 aromatic heterocycles. The molecule has 0 aliphatic rings. The van der Waals surface area contributed by atoms with Gasteiger partial charge in [-0.15, -0.1) is 0 Å². The van der Waals surface area contributed by atoms with Gasteiger partial charge in [-0.2, -0.15) is 4.73 Å². The Morgan fingerprint density at radius 3 is 2.55 bits per heavy atom. The summed E-state index contributed by atoms with van der Waals surface area (Å²) in [5.74, 6) is -0.666. The number of aromatic nitrogens is 1. The van der Waals surface area contributed by atoms with E-state index in [1.165, 1.54) is 11.7 Å². The van der Waals surface area contributed by atoms with Crippen molar-refractivity contribution in [2.75, 3.05) is 0 Å². The Labute approximate surface area is 64.0 Å². The van der Waals surface area contributed by atoms with E-state index in [9.17, 15) is 4.79 Å². The number of aliphatic hydroxyl groups excluding tert-OH is 1. The van der Waals surface area contributed by atoms with Crippen LogP contribution in [0.5, 0.6) is 0 Å². The third kappa shape index (κ3) is 2.09. The fraction of sp³-hybridized carbons (Fsp3) is 0.286. The lowest BCUT2D eigenvalue weighted by atomic mass is 10.4. The average Bonchev–Trinajstić information content (AvgIpc) is 2.39. The topological polar surface area (TPSA) is 51.5 Å². The Balaban J connectivity index is 2.50. The summed E-state index contributed by atoms with van der Waals surface area (Å²) in [7, 11) is 0. The summed E-state index contributed by atoms with van der Waals surface area (Å²) >= 11 is 0. The third-order valence-corrected chi connectivity index (χ3v) is 1.11. The SMILES string of the molecule is C[C@@H](O)C(=O)On1cccc1. The molecule has 0 fully saturated rings. The van der Waals surface area contributed by atoms with Crippen LogP contribution in [-0.2, 0) is 4.79 Å². The molecule has 60 valence electrons. The van der Waals surface area contributed by atoms with Crippen LogP contribution in [0.2, 0.25) is 0 Å². The van der Waals surface area contributed by atoms with Gasteiger partial charge in [-0.05, 0) is 19.1 Å². The highest BCUT2D eigenvalue weighted by Crippen LogP contribution is 1.88. The van der Waals surface area contributed by atoms with Gasteiger partial charge < -0.3 is 9.94 Å². The molecule has 0 saturated carbocycles. The fourth-order valence-electron chi connectivity index (χ4n) is 0.560. The molecule has 1 aromatic rings. The van der Waals surface area contributed by atoms with Gasteiger partial charge in [0.05, 0.1) is 0 Å². The quantitative estimate of drug-likeness (QED) is 0.644. The largest absolute Gasteiger partial charge is 0.382 e. The zero-order chi connectivity index (χ0) is 8.27. The molecule has 11 heavy (non-hydrogen) atoms. The second-order valence-electron chi connectivity index (χ2n) is 2.13. The first kappa shape index (κ1) is 7.81. The minimum atomic E-state index is -1.09. The number of aliphatic hydroxyl groups is 1. The van der Waals surface area contributed by atoms with E-state index in [4.69, 9.17) is 5.11 Å². The molecule has 1 heterocycles. The van der Waals surface area contributed by atoms with Gasteiger partial charge >= 0.3 is 5.97 Å². The number of hydrogen-bond acceptors (Lipinski definition) is 3. The molecule has 4 nitrogen and oxygen atoms in total. The van der Waals surface area contributed by atoms with E-state index in [1.807, 2.05) is 0 Å². The van der Waals surface area contributed by atoms with Gasteiger partial charge in [-0.1, -0.05) is 0 Å². The number of rotatable bonds is 2. The molecule has 1 atom stereocenters. The zero-order valence-electron chi connectivity index (χ0n) is 6.10. The minimum Gasteiger partial charge on any atom is -0.382 e. The molecule has 0 aromatic carbocycles. The first-order valence-electron chi connectivity index (χ1n) is 3.23. The molecule has 0 aliphatic carbocycles. The number of hydrogen-bond donors (Lipinski definition) is 1. The average molecular weight is 155 g/mol. The Kier molecular flexibility index (Phi) is 2.28. The van der Waals surface area contributed by atoms with Gasteiger partial charge in [0.2, 0.25) is 0 Å². The molecule has 1 N–H and O–H groups in total. The maximum absolute atomic E-state index is 10.7. The van der Waals surface area contributed by atoms with Crippen LogP contribution in [-0.4, -0.2) is 21.9 Å². The van der Waals surface area contributed by atoms with Gasteiger partial charge in [0.1, 0.15) is 0 Å². The molecule has 0 bridgehead atoms. The second kappa shape index (κ2) is 3.21. The molecule has 0 radical (unpaired) electrons. The first-order chi connectivity index (χ1) is 5.20. The predicted octanol–water partition coefficient (Wildman–Crippen LogP) is -0.176. The van der Waals surface area contributed by atoms with Gasteiger partial charge in [0.15, 0.2) is 6.10 Å². The summed E-state index contributed by atoms with van der Waals surface area (Å²) in [6, 6.07) is 3.44. The molecule has 1 rings (SSSR count). The summed E-state index contributed by atoms with van der Waals surface area (Å²) < 4.78 is 1.23. The van der Waals surface area contributed by atoms with Crippen molar-refractivity contribution in [3.63, 3.8) is 0 Å². The van der Waals surface area contributed by atoms with E-state index in [0.29, 0.717) is 0 Å². The molecule has 0 unspecified atom stereocenters. The summed E-state index contributed by atoms with van der Waals surface area (Å²) in [5, 5.41) is 8.73. The summed E-state index contributed by atoms with van der Waals surface area (Å²) in [4.78, 5) is 15.4. The van der Waals surface area contributed by atoms with E-state index < -0.39 is 12.1 Å². The van der Waals surface area contributed by atoms with Crippen molar-refractivity contribution in [2.45, 2.75) is 13.0 Å². The minimum absolute atomic E-state index is 0.666. The molecule has 0 spiro atoms. The fourth-order valence-corrected chi connectivity index (χ4v) is 0.560. The van der Waals surface area contributed by atoms with Crippen molar-refractivity contribution in [1.82, 2.24) is 4.73 Å². The van der Waals surface area contributed by atoms with Crippen LogP contribution < -0.4 is 4.84 Å². The highest BCUT2D eigenvalue weighted by atomic mass is 16.7. The highest BCUT2D eigenvalue weighted by Gasteiger charge is 2.10. The van der Waals surface area contributed by atoms with E-state index in [0.717, 1.165) is 0 Å². The maximum atomic E-state index is 10.7. The molecular weight excluding hydrogens is 146 g/mol. The smallest absolute Gasteiger partial charge is 0.360 e. The van der Waals surface area contributed by atoms with E-state index in [1.54, 1.807) is 24.5 Å². The summed E-state index contributed by atoms with van der Waals surface area (Å²) in [6.07, 6.45) is 2.05. The van der Waals surface area contributed by atoms with Crippen molar-refractivity contribution in [1.29, 1.82) is 0 Å². The van der Waals surface area contributed by atoms with Gasteiger partial charge in [0, 0.05) is 12.4 Å². The number of carbonyl (C=O) groups excluding carboxylic acids is 1. The summed E-state index contributed by atoms with van der Waals surface area (Å²) in [6.45, 7) is 1.35. The van der Waals surface area contributed by atoms with Gasteiger partial charge in [-0.25, -0.2) is 4.79 Å². The molecular formula is C7H9NO3. The van der Waals surface area contributed by atoms with Crippen LogP contribution >= 0.6 is 0 Å². The Morgan fingerprint density at radius 2 is 2.09 bits per heavy atom. The van der Waals surface area contributed by atoms with Crippen molar-refractivity contribution in [3.05, 3.63) is 24.5 Å². The molecule has 0 saturated heterocycles. The molecule has 0 aliphatic heterocycles. The predicted molar refractivity (Wildman–Crippen MR) is 37.7 cm³/mol. The Morgan fingerprint density at radius 1 is 1.55 bits per heavy atom. The lowest BCUT2D eigenvalue weighted by Gasteiger charge is -2.04. The molecule has 4 heteroatoms. The van der Waals surface area contributed by atoms with Gasteiger partial charge in [-0.3, -0.25) is 0 Å². The number of nitrogens with zero attached hydrogens (tertiary/aromatic N) is 1. The van der Waals surface area contributed by atoms with Crippen LogP contribution in [0, 0.1) is 0 Å². The van der Waals surface area contributed by atoms with Crippen LogP contribution in [0.3, 0.4) is 0 Å². The van der Waals surface area contributed by atoms with Crippen LogP contribution in [0.25, 0.3) is 0 Å². The van der Waals surface area contributed by atoms with Crippen molar-refractivity contribution in [2.24, 2.45) is 0 Å². The van der Waals surface area contributed by atoms with E-state index in [2.05, 4.69) is 4.84 Å². The van der Waals surface area contributed by atoms with Gasteiger partial charge in [0.25, 0.3) is 0 Å². The molecule has 0 amide bonds. The first-order valence-corrected chi connectivity index (χ1v) is 3.23. The Bertz CT molecular complexity index is 228. The normalized spacial score (nSPS) is 12.5. The van der Waals surface area contributed by atoms with Crippen molar-refractivity contribution >= 4 is 5.97 Å². The Hall–Kier alpha value is -1.29. The lowest BCUT2D eigenvalue weighted by molar-refractivity contribution is -0.152. The standard InChI is InChI=1S/C7H9NO3/c1-6(9)7(10)11-8-4-2-3-5-8/h2-6,9H,1H3/t6-/m1/s1. The van der Waals surface area contributed by atoms with Crippen molar-refractivity contribution in [3.8, 4) is 0 Å². The second-order valence-corrected chi connectivity index (χ2v) is 2.13. The van der Waals surface area contributed by atoms with E-state index >= 15 is 0 Å². The zero-order valence-corrected chi connectivity index (χ0v) is 6.10. The monoisotopic (exact) mass is 155 g/mol. The van der Waals surface area contributed by atoms with Crippen LogP contribution in [0.15, 0.2) is 24.5 Å². The third-order valence-electron chi connectivity index (χ3n) is 1.11. The number of carbonyl (C=O) groups is 1. The van der Waals surface area contributed by atoms with Crippen molar-refractivity contribution < 1.29 is 14.7 Å². The lowest BCUT2D eigenvalue weighted by Crippen LogP contribution is -2.27. The summed E-state index contributed by atoms with van der Waals surface area (Å²) in [5.41, 5.74) is 0. The maximum Gasteiger partial charge on any atom is 0.360 e. The highest BCUT2D eigenvalue weighted by molar-refractivity contribution is 5.74. The van der Waals surface area contributed by atoms with Crippen LogP contribution in [0.1, 0.15) is 6.92 Å². The van der Waals surface area contributed by atoms with Crippen LogP contribution in [0.4, 0.5) is 0 Å². The van der Waals surface area contributed by atoms with E-state index in [-0.39, 0.29) is 0 Å².